The van der Waals surface area contributed by atoms with E-state index in [1.165, 1.54) is 0 Å². The third kappa shape index (κ3) is 7.35. The molecular formula is C18H30N4O2. The third-order valence-corrected chi connectivity index (χ3v) is 3.26. The minimum Gasteiger partial charge on any atom is -0.494 e. The highest BCUT2D eigenvalue weighted by molar-refractivity contribution is 5.86. The number of guanidine groups is 1. The number of carbonyl (C=O) groups is 1. The summed E-state index contributed by atoms with van der Waals surface area (Å²) in [4.78, 5) is 16.2. The summed E-state index contributed by atoms with van der Waals surface area (Å²) >= 11 is 0. The number of hydrogen-bond donors (Lipinski definition) is 3. The van der Waals surface area contributed by atoms with E-state index in [2.05, 4.69) is 20.9 Å². The number of benzene rings is 1. The van der Waals surface area contributed by atoms with Crippen molar-refractivity contribution in [2.24, 2.45) is 4.99 Å². The number of carbonyl (C=O) groups excluding carboxylic acids is 1. The van der Waals surface area contributed by atoms with Crippen molar-refractivity contribution in [3.63, 3.8) is 0 Å². The van der Waals surface area contributed by atoms with E-state index in [0.29, 0.717) is 25.7 Å². The van der Waals surface area contributed by atoms with Crippen molar-refractivity contribution in [2.45, 2.75) is 40.7 Å². The van der Waals surface area contributed by atoms with E-state index in [4.69, 9.17) is 4.74 Å². The van der Waals surface area contributed by atoms with E-state index in [1.54, 1.807) is 0 Å². The minimum absolute atomic E-state index is 0.0344. The summed E-state index contributed by atoms with van der Waals surface area (Å²) < 4.78 is 5.68. The molecule has 134 valence electrons. The molecule has 0 aliphatic carbocycles. The summed E-state index contributed by atoms with van der Waals surface area (Å²) in [6, 6.07) is 6.10. The predicted octanol–water partition coefficient (Wildman–Crippen LogP) is 1.98. The number of amides is 1. The van der Waals surface area contributed by atoms with Gasteiger partial charge in [0.05, 0.1) is 19.7 Å². The van der Waals surface area contributed by atoms with Crippen molar-refractivity contribution in [3.05, 3.63) is 29.3 Å². The molecular weight excluding hydrogens is 304 g/mol. The number of nitrogens with zero attached hydrogens (tertiary/aromatic N) is 1. The minimum atomic E-state index is -0.0344. The summed E-state index contributed by atoms with van der Waals surface area (Å²) in [5.74, 6) is 1.44. The van der Waals surface area contributed by atoms with Crippen LogP contribution < -0.4 is 20.7 Å². The van der Waals surface area contributed by atoms with Crippen molar-refractivity contribution in [1.29, 1.82) is 0 Å². The van der Waals surface area contributed by atoms with Gasteiger partial charge in [-0.05, 0) is 38.8 Å². The number of rotatable bonds is 9. The van der Waals surface area contributed by atoms with Gasteiger partial charge in [0.25, 0.3) is 0 Å². The van der Waals surface area contributed by atoms with Crippen LogP contribution in [0.15, 0.2) is 23.2 Å². The Morgan fingerprint density at radius 1 is 1.17 bits per heavy atom. The topological polar surface area (TPSA) is 74.8 Å². The molecule has 1 aromatic rings. The van der Waals surface area contributed by atoms with Gasteiger partial charge in [-0.1, -0.05) is 19.1 Å². The van der Waals surface area contributed by atoms with Crippen LogP contribution in [0.2, 0.25) is 0 Å². The van der Waals surface area contributed by atoms with Crippen LogP contribution in [0.3, 0.4) is 0 Å². The van der Waals surface area contributed by atoms with Crippen molar-refractivity contribution in [1.82, 2.24) is 16.0 Å². The molecule has 6 heteroatoms. The molecule has 0 radical (unpaired) electrons. The Balaban J connectivity index is 2.70. The molecule has 0 spiro atoms. The average molecular weight is 334 g/mol. The summed E-state index contributed by atoms with van der Waals surface area (Å²) in [5, 5.41) is 9.03. The molecule has 0 unspecified atom stereocenters. The largest absolute Gasteiger partial charge is 0.494 e. The van der Waals surface area contributed by atoms with Gasteiger partial charge < -0.3 is 20.7 Å². The molecule has 0 fully saturated rings. The van der Waals surface area contributed by atoms with Gasteiger partial charge in [0.1, 0.15) is 5.75 Å². The van der Waals surface area contributed by atoms with Gasteiger partial charge in [0.2, 0.25) is 5.91 Å². The van der Waals surface area contributed by atoms with Crippen molar-refractivity contribution in [2.75, 3.05) is 26.2 Å². The quantitative estimate of drug-likeness (QED) is 0.477. The summed E-state index contributed by atoms with van der Waals surface area (Å²) in [7, 11) is 0. The van der Waals surface area contributed by atoms with Crippen LogP contribution in [0.1, 0.15) is 38.3 Å². The van der Waals surface area contributed by atoms with Crippen molar-refractivity contribution >= 4 is 11.9 Å². The van der Waals surface area contributed by atoms with Crippen LogP contribution in [0.5, 0.6) is 5.75 Å². The first-order valence-corrected chi connectivity index (χ1v) is 8.61. The zero-order valence-corrected chi connectivity index (χ0v) is 15.2. The summed E-state index contributed by atoms with van der Waals surface area (Å²) in [6.45, 7) is 10.8. The Kier molecular flexibility index (Phi) is 9.34. The van der Waals surface area contributed by atoms with Gasteiger partial charge >= 0.3 is 0 Å². The highest BCUT2D eigenvalue weighted by Crippen LogP contribution is 2.21. The van der Waals surface area contributed by atoms with Crippen molar-refractivity contribution in [3.8, 4) is 5.75 Å². The smallest absolute Gasteiger partial charge is 0.239 e. The number of aryl methyl sites for hydroxylation is 1. The Morgan fingerprint density at radius 3 is 2.62 bits per heavy atom. The van der Waals surface area contributed by atoms with E-state index in [1.807, 2.05) is 45.9 Å². The molecule has 1 amide bonds. The lowest BCUT2D eigenvalue weighted by molar-refractivity contribution is -0.120. The van der Waals surface area contributed by atoms with Gasteiger partial charge in [0, 0.05) is 18.7 Å². The first-order valence-electron chi connectivity index (χ1n) is 8.61. The number of aliphatic imine (C=N–C) groups is 1. The van der Waals surface area contributed by atoms with E-state index in [0.717, 1.165) is 29.8 Å². The maximum Gasteiger partial charge on any atom is 0.239 e. The van der Waals surface area contributed by atoms with Gasteiger partial charge in [-0.25, -0.2) is 4.99 Å². The molecule has 1 rings (SSSR count). The van der Waals surface area contributed by atoms with Crippen LogP contribution in [0, 0.1) is 6.92 Å². The van der Waals surface area contributed by atoms with Crippen LogP contribution in [-0.2, 0) is 11.3 Å². The van der Waals surface area contributed by atoms with E-state index < -0.39 is 0 Å². The zero-order valence-electron chi connectivity index (χ0n) is 15.2. The average Bonchev–Trinajstić information content (AvgIpc) is 2.57. The van der Waals surface area contributed by atoms with Crippen LogP contribution in [-0.4, -0.2) is 38.1 Å². The molecule has 0 saturated heterocycles. The maximum absolute atomic E-state index is 11.7. The number of hydrogen-bond acceptors (Lipinski definition) is 3. The van der Waals surface area contributed by atoms with Crippen LogP contribution in [0.25, 0.3) is 0 Å². The van der Waals surface area contributed by atoms with Gasteiger partial charge in [-0.3, -0.25) is 4.79 Å². The lowest BCUT2D eigenvalue weighted by Crippen LogP contribution is -2.43. The molecule has 0 bridgehead atoms. The Hall–Kier alpha value is -2.24. The van der Waals surface area contributed by atoms with Gasteiger partial charge in [-0.2, -0.15) is 0 Å². The molecule has 0 heterocycles. The van der Waals surface area contributed by atoms with E-state index in [9.17, 15) is 4.79 Å². The highest BCUT2D eigenvalue weighted by Gasteiger charge is 2.06. The molecule has 24 heavy (non-hydrogen) atoms. The number of ether oxygens (including phenoxy) is 1. The second kappa shape index (κ2) is 11.3. The zero-order chi connectivity index (χ0) is 17.8. The monoisotopic (exact) mass is 334 g/mol. The fraction of sp³-hybridized carbons (Fsp3) is 0.556. The Labute approximate surface area is 145 Å². The molecule has 0 aromatic heterocycles. The lowest BCUT2D eigenvalue weighted by atomic mass is 10.1. The SMILES string of the molecule is CCCNC(=O)CNC(=NCc1ccc(C)cc1OCC)NCC. The predicted molar refractivity (Wildman–Crippen MR) is 98.5 cm³/mol. The first-order chi connectivity index (χ1) is 11.6. The summed E-state index contributed by atoms with van der Waals surface area (Å²) in [6.07, 6.45) is 0.924. The first kappa shape index (κ1) is 19.8. The van der Waals surface area contributed by atoms with Crippen LogP contribution >= 0.6 is 0 Å². The fourth-order valence-electron chi connectivity index (χ4n) is 2.08. The molecule has 1 aromatic carbocycles. The maximum atomic E-state index is 11.7. The lowest BCUT2D eigenvalue weighted by Gasteiger charge is -2.13. The molecule has 0 atom stereocenters. The Morgan fingerprint density at radius 2 is 1.96 bits per heavy atom. The van der Waals surface area contributed by atoms with E-state index >= 15 is 0 Å². The standard InChI is InChI=1S/C18H30N4O2/c1-5-10-20-17(23)13-22-18(19-6-2)21-12-15-9-8-14(4)11-16(15)24-7-3/h8-9,11H,5-7,10,12-13H2,1-4H3,(H,20,23)(H2,19,21,22). The van der Waals surface area contributed by atoms with E-state index in [-0.39, 0.29) is 12.5 Å². The Bertz CT molecular complexity index is 544. The van der Waals surface area contributed by atoms with Crippen LogP contribution in [0.4, 0.5) is 0 Å². The van der Waals surface area contributed by atoms with Crippen molar-refractivity contribution < 1.29 is 9.53 Å². The normalized spacial score (nSPS) is 11.1. The summed E-state index contributed by atoms with van der Waals surface area (Å²) in [5.41, 5.74) is 2.18. The second-order valence-electron chi connectivity index (χ2n) is 5.44. The fourth-order valence-corrected chi connectivity index (χ4v) is 2.08. The van der Waals surface area contributed by atoms with Gasteiger partial charge in [0.15, 0.2) is 5.96 Å². The molecule has 6 nitrogen and oxygen atoms in total. The molecule has 0 aliphatic heterocycles. The molecule has 3 N–H and O–H groups in total. The molecule has 0 aliphatic rings. The second-order valence-corrected chi connectivity index (χ2v) is 5.44. The molecule has 0 saturated carbocycles. The van der Waals surface area contributed by atoms with Gasteiger partial charge in [-0.15, -0.1) is 0 Å². The highest BCUT2D eigenvalue weighted by atomic mass is 16.5. The number of nitrogens with one attached hydrogen (secondary N) is 3. The third-order valence-electron chi connectivity index (χ3n) is 3.26.